The molecule has 1 aliphatic carbocycles. The molecule has 0 radical (unpaired) electrons. The quantitative estimate of drug-likeness (QED) is 0.411. The third kappa shape index (κ3) is 2.08. The molecule has 0 spiro atoms. The lowest BCUT2D eigenvalue weighted by Crippen LogP contribution is -2.11. The number of hydrogen-bond acceptors (Lipinski definition) is 2. The van der Waals surface area contributed by atoms with Crippen LogP contribution in [0.2, 0.25) is 0 Å². The summed E-state index contributed by atoms with van der Waals surface area (Å²) in [5.74, 6) is 0.769. The minimum atomic E-state index is 0.769. The van der Waals surface area contributed by atoms with Gasteiger partial charge in [-0.2, -0.15) is 0 Å². The highest BCUT2D eigenvalue weighted by molar-refractivity contribution is 5.87. The van der Waals surface area contributed by atoms with Crippen LogP contribution in [-0.2, 0) is 12.8 Å². The molecular weight excluding hydrogens is 330 g/mol. The Morgan fingerprint density at radius 1 is 0.704 bits per heavy atom. The van der Waals surface area contributed by atoms with Gasteiger partial charge in [0.15, 0.2) is 0 Å². The van der Waals surface area contributed by atoms with Gasteiger partial charge in [-0.25, -0.2) is 9.97 Å². The van der Waals surface area contributed by atoms with E-state index in [2.05, 4.69) is 77.2 Å². The average molecular weight is 347 g/mol. The normalized spacial score (nSPS) is 12.9. The van der Waals surface area contributed by atoms with E-state index in [0.717, 1.165) is 35.3 Å². The summed E-state index contributed by atoms with van der Waals surface area (Å²) in [6.07, 6.45) is 2.04. The van der Waals surface area contributed by atoms with Gasteiger partial charge in [0.25, 0.3) is 0 Å². The summed E-state index contributed by atoms with van der Waals surface area (Å²) in [5.41, 5.74) is 9.54. The average Bonchev–Trinajstić information content (AvgIpc) is 3.11. The molecule has 0 bridgehead atoms. The van der Waals surface area contributed by atoms with Gasteiger partial charge in [-0.1, -0.05) is 66.7 Å². The van der Waals surface area contributed by atoms with E-state index < -0.39 is 0 Å². The Morgan fingerprint density at radius 2 is 1.48 bits per heavy atom. The molecule has 2 heterocycles. The molecule has 0 aliphatic heterocycles. The highest BCUT2D eigenvalue weighted by atomic mass is 15.1. The van der Waals surface area contributed by atoms with E-state index in [-0.39, 0.29) is 0 Å². The Bertz CT molecular complexity index is 1320. The second-order valence-electron chi connectivity index (χ2n) is 7.05. The van der Waals surface area contributed by atoms with Crippen molar-refractivity contribution >= 4 is 16.8 Å². The van der Waals surface area contributed by atoms with Crippen LogP contribution in [0, 0.1) is 0 Å². The van der Waals surface area contributed by atoms with Crippen molar-refractivity contribution in [2.75, 3.05) is 0 Å². The summed E-state index contributed by atoms with van der Waals surface area (Å²) in [6.45, 7) is 0. The van der Waals surface area contributed by atoms with Gasteiger partial charge in [0.1, 0.15) is 0 Å². The highest BCUT2D eigenvalue weighted by Gasteiger charge is 2.24. The first kappa shape index (κ1) is 14.7. The topological polar surface area (TPSA) is 30.2 Å². The Hall–Kier alpha value is -3.46. The maximum Gasteiger partial charge on any atom is 0.235 e. The molecule has 0 unspecified atom stereocenters. The molecule has 27 heavy (non-hydrogen) atoms. The third-order valence-electron chi connectivity index (χ3n) is 5.51. The number of imidazole rings is 1. The van der Waals surface area contributed by atoms with Crippen LogP contribution in [0.15, 0.2) is 78.9 Å². The summed E-state index contributed by atoms with van der Waals surface area (Å²) in [7, 11) is 0. The summed E-state index contributed by atoms with van der Waals surface area (Å²) < 4.78 is 2.23. The Labute approximate surface area is 157 Å². The zero-order valence-corrected chi connectivity index (χ0v) is 14.8. The van der Waals surface area contributed by atoms with E-state index in [0.29, 0.717) is 0 Å². The fraction of sp³-hybridized carbons (Fsp3) is 0.0833. The predicted octanol–water partition coefficient (Wildman–Crippen LogP) is 5.32. The van der Waals surface area contributed by atoms with E-state index in [1.807, 2.05) is 6.07 Å². The minimum Gasteiger partial charge on any atom is -0.276 e. The molecule has 0 saturated heterocycles. The molecule has 128 valence electrons. The monoisotopic (exact) mass is 347 g/mol. The van der Waals surface area contributed by atoms with Crippen molar-refractivity contribution in [1.82, 2.24) is 14.4 Å². The van der Waals surface area contributed by atoms with Gasteiger partial charge in [0.2, 0.25) is 5.78 Å². The van der Waals surface area contributed by atoms with Crippen LogP contribution in [0.4, 0.5) is 0 Å². The Morgan fingerprint density at radius 3 is 2.41 bits per heavy atom. The molecular formula is C24H17N3. The number of fused-ring (bicyclic) bond motifs is 6. The van der Waals surface area contributed by atoms with Crippen molar-refractivity contribution in [2.45, 2.75) is 12.8 Å². The van der Waals surface area contributed by atoms with Crippen LogP contribution < -0.4 is 0 Å². The molecule has 3 heteroatoms. The molecule has 2 aromatic heterocycles. The number of nitrogens with zero attached hydrogens (tertiary/aromatic N) is 3. The third-order valence-corrected chi connectivity index (χ3v) is 5.51. The molecule has 1 aliphatic rings. The first-order chi connectivity index (χ1) is 13.4. The molecule has 0 amide bonds. The molecule has 6 rings (SSSR count). The van der Waals surface area contributed by atoms with E-state index in [1.165, 1.54) is 27.9 Å². The zero-order chi connectivity index (χ0) is 17.8. The molecule has 0 saturated carbocycles. The number of aromatic nitrogens is 3. The molecule has 5 aromatic rings. The molecule has 0 atom stereocenters. The largest absolute Gasteiger partial charge is 0.276 e. The second kappa shape index (κ2) is 5.52. The number of benzene rings is 3. The van der Waals surface area contributed by atoms with Gasteiger partial charge >= 0.3 is 0 Å². The van der Waals surface area contributed by atoms with Crippen molar-refractivity contribution in [2.24, 2.45) is 0 Å². The van der Waals surface area contributed by atoms with Crippen LogP contribution in [0.5, 0.6) is 0 Å². The Kier molecular flexibility index (Phi) is 3.00. The maximum absolute atomic E-state index is 5.03. The lowest BCUT2D eigenvalue weighted by Gasteiger charge is -2.23. The van der Waals surface area contributed by atoms with Crippen molar-refractivity contribution in [3.05, 3.63) is 90.0 Å². The van der Waals surface area contributed by atoms with E-state index >= 15 is 0 Å². The van der Waals surface area contributed by atoms with E-state index in [9.17, 15) is 0 Å². The first-order valence-electron chi connectivity index (χ1n) is 9.34. The fourth-order valence-corrected chi connectivity index (χ4v) is 4.31. The van der Waals surface area contributed by atoms with Gasteiger partial charge in [-0.3, -0.25) is 4.40 Å². The molecule has 0 N–H and O–H groups in total. The fourth-order valence-electron chi connectivity index (χ4n) is 4.31. The van der Waals surface area contributed by atoms with Crippen LogP contribution in [0.25, 0.3) is 39.3 Å². The summed E-state index contributed by atoms with van der Waals surface area (Å²) in [5, 5.41) is 0. The van der Waals surface area contributed by atoms with Gasteiger partial charge < -0.3 is 0 Å². The standard InChI is InChI=1S/C24H17N3/c1-2-9-17(10-3-1)23-19-15-14-16-8-4-5-11-18(16)22(19)26-24-25-20-12-6-7-13-21(20)27(23)24/h1-13H,14-15H2. The zero-order valence-electron chi connectivity index (χ0n) is 14.8. The lowest BCUT2D eigenvalue weighted by atomic mass is 9.87. The molecule has 3 nitrogen and oxygen atoms in total. The van der Waals surface area contributed by atoms with Gasteiger partial charge in [0.05, 0.1) is 22.4 Å². The van der Waals surface area contributed by atoms with E-state index in [1.54, 1.807) is 0 Å². The number of rotatable bonds is 1. The van der Waals surface area contributed by atoms with Crippen molar-refractivity contribution in [3.63, 3.8) is 0 Å². The second-order valence-corrected chi connectivity index (χ2v) is 7.05. The molecule has 0 fully saturated rings. The maximum atomic E-state index is 5.03. The summed E-state index contributed by atoms with van der Waals surface area (Å²) >= 11 is 0. The lowest BCUT2D eigenvalue weighted by molar-refractivity contribution is 0.913. The predicted molar refractivity (Wildman–Crippen MR) is 109 cm³/mol. The van der Waals surface area contributed by atoms with Gasteiger partial charge in [-0.15, -0.1) is 0 Å². The van der Waals surface area contributed by atoms with Crippen LogP contribution in [0.1, 0.15) is 11.1 Å². The Balaban J connectivity index is 1.82. The molecule has 3 aromatic carbocycles. The van der Waals surface area contributed by atoms with Crippen molar-refractivity contribution in [3.8, 4) is 22.5 Å². The summed E-state index contributed by atoms with van der Waals surface area (Å²) in [4.78, 5) is 9.87. The smallest absolute Gasteiger partial charge is 0.235 e. The summed E-state index contributed by atoms with van der Waals surface area (Å²) in [6, 6.07) is 27.6. The van der Waals surface area contributed by atoms with Crippen LogP contribution >= 0.6 is 0 Å². The number of aryl methyl sites for hydroxylation is 1. The SMILES string of the molecule is c1ccc(-c2c3c(nc4nc5ccccc5n24)-c2ccccc2CC3)cc1. The highest BCUT2D eigenvalue weighted by Crippen LogP contribution is 2.39. The van der Waals surface area contributed by atoms with Gasteiger partial charge in [0, 0.05) is 11.1 Å². The van der Waals surface area contributed by atoms with Crippen molar-refractivity contribution < 1.29 is 0 Å². The van der Waals surface area contributed by atoms with Gasteiger partial charge in [-0.05, 0) is 36.1 Å². The number of hydrogen-bond donors (Lipinski definition) is 0. The van der Waals surface area contributed by atoms with Crippen LogP contribution in [0.3, 0.4) is 0 Å². The van der Waals surface area contributed by atoms with E-state index in [4.69, 9.17) is 9.97 Å². The van der Waals surface area contributed by atoms with Crippen molar-refractivity contribution in [1.29, 1.82) is 0 Å². The van der Waals surface area contributed by atoms with Crippen LogP contribution in [-0.4, -0.2) is 14.4 Å². The minimum absolute atomic E-state index is 0.769. The first-order valence-corrected chi connectivity index (χ1v) is 9.34. The number of para-hydroxylation sites is 2.